The van der Waals surface area contributed by atoms with E-state index in [0.29, 0.717) is 39.6 Å². The maximum atomic E-state index is 11.0. The van der Waals surface area contributed by atoms with Gasteiger partial charge in [0.25, 0.3) is 0 Å². The predicted molar refractivity (Wildman–Crippen MR) is 118 cm³/mol. The molecule has 0 aromatic carbocycles. The molecule has 0 radical (unpaired) electrons. The molecule has 180 valence electrons. The van der Waals surface area contributed by atoms with E-state index < -0.39 is 12.1 Å². The molecule has 0 amide bonds. The molecule has 0 rings (SSSR count). The smallest absolute Gasteiger partial charge is 0.334 e. The van der Waals surface area contributed by atoms with Crippen molar-refractivity contribution in [2.24, 2.45) is 0 Å². The van der Waals surface area contributed by atoms with Gasteiger partial charge in [-0.2, -0.15) is 0 Å². The number of carbonyl (C=O) groups excluding carboxylic acids is 1. The Bertz CT molecular complexity index is 350. The molecule has 0 unspecified atom stereocenters. The van der Waals surface area contributed by atoms with E-state index >= 15 is 0 Å². The lowest BCUT2D eigenvalue weighted by molar-refractivity contribution is -0.154. The van der Waals surface area contributed by atoms with Gasteiger partial charge < -0.3 is 28.8 Å². The normalized spacial score (nSPS) is 12.2. The number of rotatable bonds is 24. The first-order valence-electron chi connectivity index (χ1n) is 11.8. The van der Waals surface area contributed by atoms with Gasteiger partial charge in [-0.05, 0) is 13.3 Å². The van der Waals surface area contributed by atoms with Crippen LogP contribution in [0.15, 0.2) is 0 Å². The molecule has 0 spiro atoms. The van der Waals surface area contributed by atoms with Crippen LogP contribution in [0.25, 0.3) is 0 Å². The Morgan fingerprint density at radius 1 is 0.600 bits per heavy atom. The van der Waals surface area contributed by atoms with Gasteiger partial charge in [0.2, 0.25) is 0 Å². The summed E-state index contributed by atoms with van der Waals surface area (Å²) in [6.45, 7) is 8.02. The first-order chi connectivity index (χ1) is 14.7. The molecule has 0 heterocycles. The Labute approximate surface area is 183 Å². The summed E-state index contributed by atoms with van der Waals surface area (Å²) < 4.78 is 26.4. The molecule has 0 aliphatic rings. The van der Waals surface area contributed by atoms with E-state index in [1.807, 2.05) is 0 Å². The monoisotopic (exact) mass is 434 g/mol. The minimum Gasteiger partial charge on any atom is -0.461 e. The molecule has 0 saturated carbocycles. The molecule has 0 aliphatic heterocycles. The van der Waals surface area contributed by atoms with Crippen LogP contribution in [-0.2, 0) is 28.5 Å². The number of aliphatic hydroxyl groups is 1. The number of hydrogen-bond acceptors (Lipinski definition) is 7. The third-order valence-electron chi connectivity index (χ3n) is 4.57. The summed E-state index contributed by atoms with van der Waals surface area (Å²) in [5.74, 6) is -0.639. The van der Waals surface area contributed by atoms with Crippen molar-refractivity contribution in [1.29, 1.82) is 0 Å². The Kier molecular flexibility index (Phi) is 23.9. The molecule has 0 saturated heterocycles. The summed E-state index contributed by atoms with van der Waals surface area (Å²) in [5.41, 5.74) is 0. The third-order valence-corrected chi connectivity index (χ3v) is 4.57. The summed E-state index contributed by atoms with van der Waals surface area (Å²) in [6, 6.07) is 0. The maximum Gasteiger partial charge on any atom is 0.334 e. The first kappa shape index (κ1) is 29.3. The van der Waals surface area contributed by atoms with E-state index in [2.05, 4.69) is 6.92 Å². The second-order valence-electron chi connectivity index (χ2n) is 7.47. The maximum absolute atomic E-state index is 11.0. The SMILES string of the molecule is CCCCCCCCCCCCOCCOCCOCCOCCOC(=O)[C@@H](C)O. The summed E-state index contributed by atoms with van der Waals surface area (Å²) in [4.78, 5) is 11.0. The molecule has 0 bridgehead atoms. The van der Waals surface area contributed by atoms with E-state index in [4.69, 9.17) is 28.8 Å². The number of aliphatic hydroxyl groups excluding tert-OH is 1. The Morgan fingerprint density at radius 3 is 1.40 bits per heavy atom. The lowest BCUT2D eigenvalue weighted by Crippen LogP contribution is -2.21. The van der Waals surface area contributed by atoms with Gasteiger partial charge >= 0.3 is 5.97 Å². The van der Waals surface area contributed by atoms with Crippen molar-refractivity contribution in [3.63, 3.8) is 0 Å². The van der Waals surface area contributed by atoms with Crippen LogP contribution in [0.1, 0.15) is 78.1 Å². The van der Waals surface area contributed by atoms with Crippen LogP contribution < -0.4 is 0 Å². The largest absolute Gasteiger partial charge is 0.461 e. The zero-order valence-corrected chi connectivity index (χ0v) is 19.4. The van der Waals surface area contributed by atoms with E-state index in [9.17, 15) is 4.79 Å². The summed E-state index contributed by atoms with van der Waals surface area (Å²) in [6.07, 6.45) is 12.3. The van der Waals surface area contributed by atoms with Crippen molar-refractivity contribution in [1.82, 2.24) is 0 Å². The average molecular weight is 435 g/mol. The Balaban J connectivity index is 3.04. The van der Waals surface area contributed by atoms with Crippen LogP contribution in [-0.4, -0.2) is 76.6 Å². The highest BCUT2D eigenvalue weighted by Crippen LogP contribution is 2.10. The van der Waals surface area contributed by atoms with Gasteiger partial charge in [-0.3, -0.25) is 0 Å². The van der Waals surface area contributed by atoms with Crippen molar-refractivity contribution in [3.8, 4) is 0 Å². The fourth-order valence-electron chi connectivity index (χ4n) is 2.78. The van der Waals surface area contributed by atoms with Crippen LogP contribution in [0.4, 0.5) is 0 Å². The molecule has 0 aromatic rings. The predicted octanol–water partition coefficient (Wildman–Crippen LogP) is 3.90. The number of hydrogen-bond donors (Lipinski definition) is 1. The summed E-state index contributed by atoms with van der Waals surface area (Å²) in [5, 5.41) is 8.94. The lowest BCUT2D eigenvalue weighted by Gasteiger charge is -2.08. The van der Waals surface area contributed by atoms with E-state index in [0.717, 1.165) is 13.0 Å². The Hall–Kier alpha value is -0.730. The molecular formula is C23H46O7. The number of carbonyl (C=O) groups is 1. The van der Waals surface area contributed by atoms with Gasteiger partial charge in [0, 0.05) is 6.61 Å². The van der Waals surface area contributed by atoms with Crippen molar-refractivity contribution < 1.29 is 33.6 Å². The number of ether oxygens (including phenoxy) is 5. The minimum atomic E-state index is -1.10. The summed E-state index contributed by atoms with van der Waals surface area (Å²) >= 11 is 0. The molecule has 0 aromatic heterocycles. The zero-order valence-electron chi connectivity index (χ0n) is 19.4. The van der Waals surface area contributed by atoms with Crippen LogP contribution in [0.5, 0.6) is 0 Å². The second kappa shape index (κ2) is 24.5. The quantitative estimate of drug-likeness (QED) is 0.182. The third kappa shape index (κ3) is 23.5. The van der Waals surface area contributed by atoms with Crippen molar-refractivity contribution in [3.05, 3.63) is 0 Å². The average Bonchev–Trinajstić information content (AvgIpc) is 2.74. The number of esters is 1. The fourth-order valence-corrected chi connectivity index (χ4v) is 2.78. The van der Waals surface area contributed by atoms with Crippen LogP contribution >= 0.6 is 0 Å². The highest BCUT2D eigenvalue weighted by atomic mass is 16.6. The molecule has 0 aliphatic carbocycles. The van der Waals surface area contributed by atoms with Gasteiger partial charge in [0.15, 0.2) is 0 Å². The number of unbranched alkanes of at least 4 members (excludes halogenated alkanes) is 9. The van der Waals surface area contributed by atoms with E-state index in [-0.39, 0.29) is 13.2 Å². The van der Waals surface area contributed by atoms with Gasteiger partial charge in [-0.1, -0.05) is 64.7 Å². The molecular weight excluding hydrogens is 388 g/mol. The Morgan fingerprint density at radius 2 is 0.967 bits per heavy atom. The van der Waals surface area contributed by atoms with Gasteiger partial charge in [-0.15, -0.1) is 0 Å². The summed E-state index contributed by atoms with van der Waals surface area (Å²) in [7, 11) is 0. The molecule has 7 nitrogen and oxygen atoms in total. The molecule has 0 fully saturated rings. The molecule has 1 N–H and O–H groups in total. The highest BCUT2D eigenvalue weighted by Gasteiger charge is 2.08. The van der Waals surface area contributed by atoms with Crippen molar-refractivity contribution >= 4 is 5.97 Å². The standard InChI is InChI=1S/C23H46O7/c1-3-4-5-6-7-8-9-10-11-12-13-26-14-15-27-16-17-28-18-19-29-20-21-30-23(25)22(2)24/h22,24H,3-21H2,1-2H3/t22-/m1/s1. The molecule has 30 heavy (non-hydrogen) atoms. The first-order valence-corrected chi connectivity index (χ1v) is 11.8. The highest BCUT2D eigenvalue weighted by molar-refractivity contribution is 5.73. The lowest BCUT2D eigenvalue weighted by atomic mass is 10.1. The van der Waals surface area contributed by atoms with Crippen molar-refractivity contribution in [2.45, 2.75) is 84.2 Å². The van der Waals surface area contributed by atoms with Crippen LogP contribution in [0.3, 0.4) is 0 Å². The second-order valence-corrected chi connectivity index (χ2v) is 7.47. The van der Waals surface area contributed by atoms with Crippen LogP contribution in [0.2, 0.25) is 0 Å². The van der Waals surface area contributed by atoms with Crippen molar-refractivity contribution in [2.75, 3.05) is 59.5 Å². The molecule has 1 atom stereocenters. The van der Waals surface area contributed by atoms with Gasteiger partial charge in [0.1, 0.15) is 12.7 Å². The topological polar surface area (TPSA) is 83.5 Å². The fraction of sp³-hybridized carbons (Fsp3) is 0.957. The van der Waals surface area contributed by atoms with E-state index in [1.54, 1.807) is 0 Å². The zero-order chi connectivity index (χ0) is 22.1. The van der Waals surface area contributed by atoms with E-state index in [1.165, 1.54) is 64.7 Å². The molecule has 7 heteroatoms. The van der Waals surface area contributed by atoms with Crippen LogP contribution in [0, 0.1) is 0 Å². The minimum absolute atomic E-state index is 0.131. The van der Waals surface area contributed by atoms with Gasteiger partial charge in [-0.25, -0.2) is 4.79 Å². The van der Waals surface area contributed by atoms with Gasteiger partial charge in [0.05, 0.1) is 46.2 Å².